The Labute approximate surface area is 174 Å². The van der Waals surface area contributed by atoms with Crippen LogP contribution in [0, 0.1) is 0 Å². The molecule has 1 aliphatic rings. The van der Waals surface area contributed by atoms with Crippen LogP contribution in [-0.4, -0.2) is 47.7 Å². The number of aromatic nitrogens is 6. The highest BCUT2D eigenvalue weighted by Gasteiger charge is 2.16. The van der Waals surface area contributed by atoms with Gasteiger partial charge in [-0.15, -0.1) is 0 Å². The van der Waals surface area contributed by atoms with Gasteiger partial charge in [0.25, 0.3) is 0 Å². The Morgan fingerprint density at radius 3 is 2.27 bits per heavy atom. The SMILES string of the molecule is Cn1cc(-c2cc(O)cc(-c3ncc(-c4cnn(C5CCNCC5)c4)cn3)c2)cn1. The molecule has 3 aromatic heterocycles. The van der Waals surface area contributed by atoms with Crippen LogP contribution >= 0.6 is 0 Å². The normalized spacial score (nSPS) is 14.8. The van der Waals surface area contributed by atoms with Crippen LogP contribution in [0.15, 0.2) is 55.4 Å². The standard InChI is InChI=1S/C22H23N7O/c1-28-13-18(11-26-28)15-6-16(8-21(30)7-15)22-24-9-17(10-25-22)19-12-27-29(14-19)20-2-4-23-5-3-20/h6-14,20,23,30H,2-5H2,1H3. The fraction of sp³-hybridized carbons (Fsp3) is 0.273. The Kier molecular flexibility index (Phi) is 4.76. The molecule has 0 unspecified atom stereocenters. The average molecular weight is 401 g/mol. The van der Waals surface area contributed by atoms with E-state index < -0.39 is 0 Å². The number of piperidine rings is 1. The van der Waals surface area contributed by atoms with Crippen LogP contribution in [0.5, 0.6) is 5.75 Å². The van der Waals surface area contributed by atoms with E-state index in [4.69, 9.17) is 0 Å². The van der Waals surface area contributed by atoms with E-state index in [9.17, 15) is 5.11 Å². The number of hydrogen-bond donors (Lipinski definition) is 2. The van der Waals surface area contributed by atoms with E-state index in [1.165, 1.54) is 0 Å². The van der Waals surface area contributed by atoms with E-state index in [1.54, 1.807) is 35.4 Å². The Balaban J connectivity index is 1.40. The highest BCUT2D eigenvalue weighted by Crippen LogP contribution is 2.30. The van der Waals surface area contributed by atoms with Gasteiger partial charge in [0.1, 0.15) is 5.75 Å². The number of aromatic hydroxyl groups is 1. The minimum atomic E-state index is 0.169. The molecule has 0 radical (unpaired) electrons. The number of benzene rings is 1. The molecule has 8 heteroatoms. The zero-order chi connectivity index (χ0) is 20.5. The molecule has 1 saturated heterocycles. The Morgan fingerprint density at radius 2 is 1.53 bits per heavy atom. The average Bonchev–Trinajstić information content (AvgIpc) is 3.44. The number of nitrogens with zero attached hydrogens (tertiary/aromatic N) is 6. The van der Waals surface area contributed by atoms with Gasteiger partial charge in [-0.3, -0.25) is 9.36 Å². The lowest BCUT2D eigenvalue weighted by Gasteiger charge is -2.22. The lowest BCUT2D eigenvalue weighted by molar-refractivity contribution is 0.343. The summed E-state index contributed by atoms with van der Waals surface area (Å²) in [7, 11) is 1.86. The number of phenolic OH excluding ortho intramolecular Hbond substituents is 1. The summed E-state index contributed by atoms with van der Waals surface area (Å²) in [4.78, 5) is 9.08. The van der Waals surface area contributed by atoms with Crippen molar-refractivity contribution in [3.63, 3.8) is 0 Å². The van der Waals surface area contributed by atoms with Crippen molar-refractivity contribution in [1.82, 2.24) is 34.8 Å². The molecule has 0 spiro atoms. The second-order valence-electron chi connectivity index (χ2n) is 7.66. The van der Waals surface area contributed by atoms with Crippen molar-refractivity contribution in [2.75, 3.05) is 13.1 Å². The van der Waals surface area contributed by atoms with Gasteiger partial charge in [0.2, 0.25) is 0 Å². The van der Waals surface area contributed by atoms with E-state index in [-0.39, 0.29) is 5.75 Å². The molecule has 0 bridgehead atoms. The summed E-state index contributed by atoms with van der Waals surface area (Å²) in [5.41, 5.74) is 4.48. The van der Waals surface area contributed by atoms with Gasteiger partial charge in [-0.1, -0.05) is 0 Å². The highest BCUT2D eigenvalue weighted by atomic mass is 16.3. The maximum atomic E-state index is 10.2. The van der Waals surface area contributed by atoms with Crippen LogP contribution in [0.4, 0.5) is 0 Å². The molecular formula is C22H23N7O. The van der Waals surface area contributed by atoms with Gasteiger partial charge >= 0.3 is 0 Å². The first kappa shape index (κ1) is 18.5. The topological polar surface area (TPSA) is 93.7 Å². The molecular weight excluding hydrogens is 378 g/mol. The molecule has 0 saturated carbocycles. The predicted molar refractivity (Wildman–Crippen MR) is 114 cm³/mol. The van der Waals surface area contributed by atoms with Gasteiger partial charge in [-0.2, -0.15) is 10.2 Å². The monoisotopic (exact) mass is 401 g/mol. The van der Waals surface area contributed by atoms with Crippen molar-refractivity contribution < 1.29 is 5.11 Å². The molecule has 0 amide bonds. The molecule has 1 aromatic carbocycles. The van der Waals surface area contributed by atoms with Crippen LogP contribution < -0.4 is 5.32 Å². The van der Waals surface area contributed by atoms with Gasteiger partial charge in [-0.05, 0) is 49.7 Å². The lowest BCUT2D eigenvalue weighted by atomic mass is 10.0. The largest absolute Gasteiger partial charge is 0.508 e. The minimum Gasteiger partial charge on any atom is -0.508 e. The van der Waals surface area contributed by atoms with Crippen LogP contribution in [0.25, 0.3) is 33.6 Å². The Morgan fingerprint density at radius 1 is 0.833 bits per heavy atom. The third-order valence-electron chi connectivity index (χ3n) is 5.48. The molecule has 0 aliphatic carbocycles. The minimum absolute atomic E-state index is 0.169. The van der Waals surface area contributed by atoms with Crippen molar-refractivity contribution in [3.8, 4) is 39.4 Å². The zero-order valence-electron chi connectivity index (χ0n) is 16.7. The van der Waals surface area contributed by atoms with Gasteiger partial charge in [0, 0.05) is 54.1 Å². The number of nitrogens with one attached hydrogen (secondary N) is 1. The van der Waals surface area contributed by atoms with E-state index in [0.717, 1.165) is 53.7 Å². The summed E-state index contributed by atoms with van der Waals surface area (Å²) in [6, 6.07) is 5.79. The number of rotatable bonds is 4. The zero-order valence-corrected chi connectivity index (χ0v) is 16.7. The first-order valence-electron chi connectivity index (χ1n) is 10.1. The summed E-state index contributed by atoms with van der Waals surface area (Å²) >= 11 is 0. The quantitative estimate of drug-likeness (QED) is 0.546. The summed E-state index contributed by atoms with van der Waals surface area (Å²) in [6.07, 6.45) is 13.4. The summed E-state index contributed by atoms with van der Waals surface area (Å²) < 4.78 is 3.79. The fourth-order valence-corrected chi connectivity index (χ4v) is 3.86. The van der Waals surface area contributed by atoms with Crippen molar-refractivity contribution in [1.29, 1.82) is 0 Å². The fourth-order valence-electron chi connectivity index (χ4n) is 3.86. The predicted octanol–water partition coefficient (Wildman–Crippen LogP) is 3.04. The molecule has 5 rings (SSSR count). The van der Waals surface area contributed by atoms with Crippen molar-refractivity contribution in [2.45, 2.75) is 18.9 Å². The second-order valence-corrected chi connectivity index (χ2v) is 7.66. The first-order chi connectivity index (χ1) is 14.7. The van der Waals surface area contributed by atoms with Crippen LogP contribution in [0.1, 0.15) is 18.9 Å². The second kappa shape index (κ2) is 7.72. The molecule has 2 N–H and O–H groups in total. The van der Waals surface area contributed by atoms with Crippen molar-refractivity contribution >= 4 is 0 Å². The first-order valence-corrected chi connectivity index (χ1v) is 10.1. The van der Waals surface area contributed by atoms with Gasteiger partial charge in [0.15, 0.2) is 5.82 Å². The molecule has 1 aliphatic heterocycles. The summed E-state index contributed by atoms with van der Waals surface area (Å²) in [6.45, 7) is 2.06. The molecule has 4 heterocycles. The molecule has 8 nitrogen and oxygen atoms in total. The smallest absolute Gasteiger partial charge is 0.159 e. The van der Waals surface area contributed by atoms with Crippen molar-refractivity contribution in [3.05, 3.63) is 55.4 Å². The Bertz CT molecular complexity index is 1160. The third kappa shape index (κ3) is 3.69. The maximum Gasteiger partial charge on any atom is 0.159 e. The molecule has 0 atom stereocenters. The third-order valence-corrected chi connectivity index (χ3v) is 5.48. The van der Waals surface area contributed by atoms with E-state index >= 15 is 0 Å². The highest BCUT2D eigenvalue weighted by molar-refractivity contribution is 5.72. The van der Waals surface area contributed by atoms with Gasteiger partial charge in [-0.25, -0.2) is 9.97 Å². The summed E-state index contributed by atoms with van der Waals surface area (Å²) in [5, 5.41) is 22.3. The van der Waals surface area contributed by atoms with Gasteiger partial charge in [0.05, 0.1) is 18.4 Å². The van der Waals surface area contributed by atoms with E-state index in [0.29, 0.717) is 11.9 Å². The molecule has 30 heavy (non-hydrogen) atoms. The number of hydrogen-bond acceptors (Lipinski definition) is 6. The van der Waals surface area contributed by atoms with Crippen LogP contribution in [0.3, 0.4) is 0 Å². The van der Waals surface area contributed by atoms with Crippen LogP contribution in [-0.2, 0) is 7.05 Å². The molecule has 4 aromatic rings. The summed E-state index contributed by atoms with van der Waals surface area (Å²) in [5.74, 6) is 0.729. The number of phenols is 1. The Hall–Kier alpha value is -3.52. The van der Waals surface area contributed by atoms with Gasteiger partial charge < -0.3 is 10.4 Å². The number of aryl methyl sites for hydroxylation is 1. The van der Waals surface area contributed by atoms with E-state index in [1.807, 2.05) is 25.5 Å². The van der Waals surface area contributed by atoms with Crippen LogP contribution in [0.2, 0.25) is 0 Å². The van der Waals surface area contributed by atoms with E-state index in [2.05, 4.69) is 36.4 Å². The maximum absolute atomic E-state index is 10.2. The molecule has 152 valence electrons. The molecule has 1 fully saturated rings. The lowest BCUT2D eigenvalue weighted by Crippen LogP contribution is -2.29. The van der Waals surface area contributed by atoms with Crippen molar-refractivity contribution in [2.24, 2.45) is 7.05 Å².